The highest BCUT2D eigenvalue weighted by Gasteiger charge is 2.44. The third kappa shape index (κ3) is 2.65. The Morgan fingerprint density at radius 3 is 2.76 bits per heavy atom. The van der Waals surface area contributed by atoms with Crippen LogP contribution in [0.1, 0.15) is 27.2 Å². The van der Waals surface area contributed by atoms with Crippen molar-refractivity contribution < 1.29 is 4.74 Å². The van der Waals surface area contributed by atoms with Crippen molar-refractivity contribution in [3.05, 3.63) is 18.2 Å². The summed E-state index contributed by atoms with van der Waals surface area (Å²) in [6.45, 7) is 8.21. The third-order valence-electron chi connectivity index (χ3n) is 3.62. The number of nitrogens with two attached hydrogens (primary N) is 1. The fourth-order valence-electron chi connectivity index (χ4n) is 2.14. The van der Waals surface area contributed by atoms with E-state index in [9.17, 15) is 0 Å². The van der Waals surface area contributed by atoms with Gasteiger partial charge in [-0.2, -0.15) is 0 Å². The van der Waals surface area contributed by atoms with Gasteiger partial charge in [0.25, 0.3) is 0 Å². The molecule has 3 N–H and O–H groups in total. The van der Waals surface area contributed by atoms with Crippen molar-refractivity contribution in [2.24, 2.45) is 11.3 Å². The highest BCUT2D eigenvalue weighted by Crippen LogP contribution is 2.51. The summed E-state index contributed by atoms with van der Waals surface area (Å²) in [6.07, 6.45) is 1.30. The first kappa shape index (κ1) is 12.1. The quantitative estimate of drug-likeness (QED) is 0.769. The topological polar surface area (TPSA) is 47.3 Å². The van der Waals surface area contributed by atoms with E-state index in [4.69, 9.17) is 10.5 Å². The Balaban J connectivity index is 1.98. The molecule has 0 spiro atoms. The van der Waals surface area contributed by atoms with Crippen molar-refractivity contribution >= 4 is 11.4 Å². The Labute approximate surface area is 103 Å². The summed E-state index contributed by atoms with van der Waals surface area (Å²) in [5, 5.41) is 3.42. The van der Waals surface area contributed by atoms with Gasteiger partial charge in [-0.05, 0) is 36.8 Å². The number of para-hydroxylation sites is 1. The lowest BCUT2D eigenvalue weighted by molar-refractivity contribution is 0.342. The molecule has 94 valence electrons. The molecule has 1 fully saturated rings. The number of benzene rings is 1. The van der Waals surface area contributed by atoms with E-state index in [1.165, 1.54) is 6.42 Å². The van der Waals surface area contributed by atoms with Gasteiger partial charge in [0.2, 0.25) is 0 Å². The molecule has 0 bridgehead atoms. The van der Waals surface area contributed by atoms with E-state index < -0.39 is 0 Å². The van der Waals surface area contributed by atoms with Crippen molar-refractivity contribution in [2.45, 2.75) is 27.2 Å². The van der Waals surface area contributed by atoms with Gasteiger partial charge >= 0.3 is 0 Å². The number of hydrogen-bond donors (Lipinski definition) is 2. The van der Waals surface area contributed by atoms with E-state index in [0.29, 0.717) is 17.7 Å². The van der Waals surface area contributed by atoms with Crippen LogP contribution in [0.5, 0.6) is 5.75 Å². The molecule has 0 radical (unpaired) electrons. The van der Waals surface area contributed by atoms with Crippen molar-refractivity contribution in [2.75, 3.05) is 24.2 Å². The molecule has 0 aliphatic heterocycles. The first-order chi connectivity index (χ1) is 8.04. The lowest BCUT2D eigenvalue weighted by Gasteiger charge is -2.13. The molecule has 1 aromatic carbocycles. The van der Waals surface area contributed by atoms with Gasteiger partial charge in [-0.3, -0.25) is 0 Å². The van der Waals surface area contributed by atoms with Gasteiger partial charge in [-0.1, -0.05) is 19.9 Å². The molecule has 2 rings (SSSR count). The van der Waals surface area contributed by atoms with Crippen LogP contribution in [0.15, 0.2) is 18.2 Å². The molecule has 17 heavy (non-hydrogen) atoms. The number of rotatable bonds is 5. The van der Waals surface area contributed by atoms with Gasteiger partial charge in [-0.25, -0.2) is 0 Å². The van der Waals surface area contributed by atoms with Crippen LogP contribution in [0.3, 0.4) is 0 Å². The van der Waals surface area contributed by atoms with Crippen LogP contribution >= 0.6 is 0 Å². The minimum Gasteiger partial charge on any atom is -0.492 e. The van der Waals surface area contributed by atoms with E-state index >= 15 is 0 Å². The maximum absolute atomic E-state index is 6.06. The van der Waals surface area contributed by atoms with Crippen molar-refractivity contribution in [3.63, 3.8) is 0 Å². The third-order valence-corrected chi connectivity index (χ3v) is 3.62. The highest BCUT2D eigenvalue weighted by atomic mass is 16.5. The SMILES string of the molecule is CCOc1cccc(NCC2CC2(C)C)c1N. The standard InChI is InChI=1S/C14H22N2O/c1-4-17-12-7-5-6-11(13(12)15)16-9-10-8-14(10,2)3/h5-7,10,16H,4,8-9,15H2,1-3H3. The lowest BCUT2D eigenvalue weighted by Crippen LogP contribution is -2.09. The average Bonchev–Trinajstić information content (AvgIpc) is 2.88. The highest BCUT2D eigenvalue weighted by molar-refractivity contribution is 5.72. The average molecular weight is 234 g/mol. The molecule has 1 aliphatic rings. The van der Waals surface area contributed by atoms with Gasteiger partial charge in [0, 0.05) is 6.54 Å². The molecule has 0 heterocycles. The van der Waals surface area contributed by atoms with Crippen molar-refractivity contribution in [1.29, 1.82) is 0 Å². The maximum atomic E-state index is 6.06. The summed E-state index contributed by atoms with van der Waals surface area (Å²) in [5.74, 6) is 1.53. The molecule has 0 aromatic heterocycles. The number of ether oxygens (including phenoxy) is 1. The summed E-state index contributed by atoms with van der Waals surface area (Å²) in [4.78, 5) is 0. The lowest BCUT2D eigenvalue weighted by atomic mass is 10.1. The molecule has 1 aliphatic carbocycles. The van der Waals surface area contributed by atoms with Gasteiger partial charge in [0.1, 0.15) is 5.75 Å². The molecule has 1 saturated carbocycles. The second-order valence-electron chi connectivity index (χ2n) is 5.42. The van der Waals surface area contributed by atoms with Crippen molar-refractivity contribution in [1.82, 2.24) is 0 Å². The van der Waals surface area contributed by atoms with E-state index in [-0.39, 0.29) is 0 Å². The zero-order chi connectivity index (χ0) is 12.5. The molecule has 0 saturated heterocycles. The molecular formula is C14H22N2O. The number of nitrogens with one attached hydrogen (secondary N) is 1. The summed E-state index contributed by atoms with van der Waals surface area (Å²) >= 11 is 0. The minimum atomic E-state index is 0.499. The van der Waals surface area contributed by atoms with E-state index in [1.54, 1.807) is 0 Å². The van der Waals surface area contributed by atoms with Gasteiger partial charge < -0.3 is 15.8 Å². The molecule has 1 aromatic rings. The van der Waals surface area contributed by atoms with Gasteiger partial charge in [0.15, 0.2) is 0 Å². The Kier molecular flexibility index (Phi) is 3.18. The first-order valence-electron chi connectivity index (χ1n) is 6.29. The van der Waals surface area contributed by atoms with E-state index in [2.05, 4.69) is 19.2 Å². The van der Waals surface area contributed by atoms with Gasteiger partial charge in [-0.15, -0.1) is 0 Å². The zero-order valence-corrected chi connectivity index (χ0v) is 10.9. The largest absolute Gasteiger partial charge is 0.492 e. The Hall–Kier alpha value is -1.38. The minimum absolute atomic E-state index is 0.499. The monoisotopic (exact) mass is 234 g/mol. The summed E-state index contributed by atoms with van der Waals surface area (Å²) in [7, 11) is 0. The molecule has 1 unspecified atom stereocenters. The van der Waals surface area contributed by atoms with Crippen LogP contribution in [0, 0.1) is 11.3 Å². The van der Waals surface area contributed by atoms with Crippen LogP contribution in [0.2, 0.25) is 0 Å². The van der Waals surface area contributed by atoms with Crippen molar-refractivity contribution in [3.8, 4) is 5.75 Å². The van der Waals surface area contributed by atoms with Crippen LogP contribution in [-0.4, -0.2) is 13.2 Å². The normalized spacial score (nSPS) is 21.0. The number of anilines is 2. The molecule has 3 heteroatoms. The first-order valence-corrected chi connectivity index (χ1v) is 6.29. The predicted octanol–water partition coefficient (Wildman–Crippen LogP) is 3.13. The predicted molar refractivity (Wildman–Crippen MR) is 72.4 cm³/mol. The maximum Gasteiger partial charge on any atom is 0.144 e. The smallest absolute Gasteiger partial charge is 0.144 e. The van der Waals surface area contributed by atoms with Gasteiger partial charge in [0.05, 0.1) is 18.0 Å². The Morgan fingerprint density at radius 1 is 1.47 bits per heavy atom. The molecule has 0 amide bonds. The van der Waals surface area contributed by atoms with Crippen LogP contribution in [0.4, 0.5) is 11.4 Å². The second-order valence-corrected chi connectivity index (χ2v) is 5.42. The van der Waals surface area contributed by atoms with Crippen LogP contribution < -0.4 is 15.8 Å². The number of nitrogen functional groups attached to an aromatic ring is 1. The Bertz CT molecular complexity index is 401. The fraction of sp³-hybridized carbons (Fsp3) is 0.571. The van der Waals surface area contributed by atoms with Crippen LogP contribution in [-0.2, 0) is 0 Å². The second kappa shape index (κ2) is 4.47. The van der Waals surface area contributed by atoms with E-state index in [0.717, 1.165) is 23.9 Å². The number of hydrogen-bond acceptors (Lipinski definition) is 3. The molecule has 1 atom stereocenters. The van der Waals surface area contributed by atoms with E-state index in [1.807, 2.05) is 25.1 Å². The zero-order valence-electron chi connectivity index (χ0n) is 10.9. The Morgan fingerprint density at radius 2 is 2.18 bits per heavy atom. The fourth-order valence-corrected chi connectivity index (χ4v) is 2.14. The summed E-state index contributed by atoms with van der Waals surface area (Å²) < 4.78 is 5.48. The van der Waals surface area contributed by atoms with Crippen LogP contribution in [0.25, 0.3) is 0 Å². The molecule has 3 nitrogen and oxygen atoms in total. The summed E-state index contributed by atoms with van der Waals surface area (Å²) in [5.41, 5.74) is 8.26. The summed E-state index contributed by atoms with van der Waals surface area (Å²) in [6, 6.07) is 5.89. The molecular weight excluding hydrogens is 212 g/mol.